The van der Waals surface area contributed by atoms with Crippen molar-refractivity contribution in [2.45, 2.75) is 30.4 Å². The Labute approximate surface area is 93.2 Å². The lowest BCUT2D eigenvalue weighted by Crippen LogP contribution is -2.53. The predicted molar refractivity (Wildman–Crippen MR) is 48.5 cm³/mol. The zero-order chi connectivity index (χ0) is 12.9. The van der Waals surface area contributed by atoms with Crippen molar-refractivity contribution < 1.29 is 22.0 Å². The number of aromatic amines is 1. The first kappa shape index (κ1) is 12.3. The van der Waals surface area contributed by atoms with E-state index in [0.717, 1.165) is 6.07 Å². The van der Waals surface area contributed by atoms with Gasteiger partial charge in [-0.15, -0.1) is 0 Å². The van der Waals surface area contributed by atoms with Crippen molar-refractivity contribution in [3.8, 4) is 0 Å². The summed E-state index contributed by atoms with van der Waals surface area (Å²) in [6.07, 6.45) is -5.68. The fraction of sp³-hybridized carbons (Fsp3) is 0.667. The molecule has 1 aliphatic carbocycles. The van der Waals surface area contributed by atoms with Gasteiger partial charge in [0.25, 0.3) is 0 Å². The maximum absolute atomic E-state index is 12.8. The van der Waals surface area contributed by atoms with E-state index in [1.54, 1.807) is 0 Å². The average Bonchev–Trinajstić information content (AvgIpc) is 2.61. The topological polar surface area (TPSA) is 54.7 Å². The van der Waals surface area contributed by atoms with Gasteiger partial charge in [-0.25, -0.2) is 8.78 Å². The average molecular weight is 255 g/mol. The first-order valence-electron chi connectivity index (χ1n) is 4.90. The van der Waals surface area contributed by atoms with Gasteiger partial charge in [-0.2, -0.15) is 18.3 Å². The zero-order valence-corrected chi connectivity index (χ0v) is 8.61. The number of halogens is 5. The first-order valence-corrected chi connectivity index (χ1v) is 4.90. The smallest absolute Gasteiger partial charge is 0.330 e. The third-order valence-corrected chi connectivity index (χ3v) is 3.02. The normalized spacial score (nSPS) is 22.2. The van der Waals surface area contributed by atoms with Gasteiger partial charge >= 0.3 is 6.18 Å². The maximum atomic E-state index is 12.8. The van der Waals surface area contributed by atoms with Gasteiger partial charge in [-0.3, -0.25) is 5.10 Å². The summed E-state index contributed by atoms with van der Waals surface area (Å²) in [5.41, 5.74) is 3.18. The molecular weight excluding hydrogens is 245 g/mol. The molecule has 1 aromatic heterocycles. The maximum Gasteiger partial charge on any atom is 0.435 e. The van der Waals surface area contributed by atoms with E-state index in [0.29, 0.717) is 0 Å². The number of H-pyrrole nitrogens is 1. The molecule has 1 aromatic rings. The number of nitrogens with zero attached hydrogens (tertiary/aromatic N) is 1. The number of alkyl halides is 5. The second-order valence-corrected chi connectivity index (χ2v) is 4.36. The van der Waals surface area contributed by atoms with Gasteiger partial charge in [-0.05, 0) is 6.07 Å². The lowest BCUT2D eigenvalue weighted by Gasteiger charge is -2.45. The predicted octanol–water partition coefficient (Wildman–Crippen LogP) is 2.05. The second kappa shape index (κ2) is 3.41. The highest BCUT2D eigenvalue weighted by molar-refractivity contribution is 5.27. The van der Waals surface area contributed by atoms with Crippen LogP contribution in [0.5, 0.6) is 0 Å². The molecule has 1 heterocycles. The molecule has 1 saturated carbocycles. The molecule has 0 unspecified atom stereocenters. The van der Waals surface area contributed by atoms with E-state index in [2.05, 4.69) is 10.2 Å². The lowest BCUT2D eigenvalue weighted by atomic mass is 9.64. The fourth-order valence-electron chi connectivity index (χ4n) is 2.12. The molecule has 0 spiro atoms. The van der Waals surface area contributed by atoms with Crippen LogP contribution in [-0.2, 0) is 11.6 Å². The number of nitrogens with two attached hydrogens (primary N) is 1. The van der Waals surface area contributed by atoms with Crippen LogP contribution in [0.2, 0.25) is 0 Å². The van der Waals surface area contributed by atoms with E-state index in [-0.39, 0.29) is 12.2 Å². The quantitative estimate of drug-likeness (QED) is 0.795. The summed E-state index contributed by atoms with van der Waals surface area (Å²) < 4.78 is 62.6. The molecule has 96 valence electrons. The Morgan fingerprint density at radius 2 is 1.94 bits per heavy atom. The molecule has 0 aromatic carbocycles. The van der Waals surface area contributed by atoms with Gasteiger partial charge in [0.05, 0.1) is 0 Å². The van der Waals surface area contributed by atoms with Gasteiger partial charge in [0.15, 0.2) is 5.69 Å². The molecule has 0 bridgehead atoms. The summed E-state index contributed by atoms with van der Waals surface area (Å²) in [5.74, 6) is -2.86. The Balaban J connectivity index is 2.26. The Kier molecular flexibility index (Phi) is 2.46. The number of nitrogens with one attached hydrogen (secondary N) is 1. The van der Waals surface area contributed by atoms with Crippen LogP contribution < -0.4 is 5.73 Å². The monoisotopic (exact) mass is 255 g/mol. The van der Waals surface area contributed by atoms with Crippen molar-refractivity contribution in [3.05, 3.63) is 17.5 Å². The highest BCUT2D eigenvalue weighted by Gasteiger charge is 2.57. The number of hydrogen-bond donors (Lipinski definition) is 2. The van der Waals surface area contributed by atoms with E-state index in [9.17, 15) is 22.0 Å². The molecule has 1 fully saturated rings. The third-order valence-electron chi connectivity index (χ3n) is 3.02. The summed E-state index contributed by atoms with van der Waals surface area (Å²) in [6.45, 7) is -0.137. The van der Waals surface area contributed by atoms with Gasteiger partial charge in [0.1, 0.15) is 0 Å². The molecule has 17 heavy (non-hydrogen) atoms. The van der Waals surface area contributed by atoms with Crippen molar-refractivity contribution >= 4 is 0 Å². The number of aromatic nitrogens is 2. The summed E-state index contributed by atoms with van der Waals surface area (Å²) in [4.78, 5) is 0. The molecule has 0 aliphatic heterocycles. The Morgan fingerprint density at radius 3 is 2.29 bits per heavy atom. The standard InChI is InChI=1S/C9H10F5N3/c10-8(11)2-7(3-8,4-15)5-1-6(17-16-5)9(12,13)14/h1H,2-4,15H2,(H,16,17). The van der Waals surface area contributed by atoms with Gasteiger partial charge in [-0.1, -0.05) is 0 Å². The highest BCUT2D eigenvalue weighted by Crippen LogP contribution is 2.52. The van der Waals surface area contributed by atoms with Crippen LogP contribution in [0.3, 0.4) is 0 Å². The lowest BCUT2D eigenvalue weighted by molar-refractivity contribution is -0.141. The van der Waals surface area contributed by atoms with Crippen LogP contribution in [0, 0.1) is 0 Å². The molecule has 3 N–H and O–H groups in total. The van der Waals surface area contributed by atoms with Crippen LogP contribution >= 0.6 is 0 Å². The van der Waals surface area contributed by atoms with Crippen molar-refractivity contribution in [1.82, 2.24) is 10.2 Å². The molecule has 0 saturated heterocycles. The summed E-state index contributed by atoms with van der Waals surface area (Å²) in [5, 5.41) is 5.24. The molecule has 2 rings (SSSR count). The number of hydrogen-bond acceptors (Lipinski definition) is 2. The van der Waals surface area contributed by atoms with Crippen LogP contribution in [0.25, 0.3) is 0 Å². The molecule has 0 atom stereocenters. The molecule has 0 amide bonds. The molecule has 8 heteroatoms. The van der Waals surface area contributed by atoms with Crippen LogP contribution in [0.4, 0.5) is 22.0 Å². The van der Waals surface area contributed by atoms with Crippen molar-refractivity contribution in [1.29, 1.82) is 0 Å². The van der Waals surface area contributed by atoms with Crippen LogP contribution in [-0.4, -0.2) is 22.7 Å². The van der Waals surface area contributed by atoms with Crippen molar-refractivity contribution in [2.75, 3.05) is 6.54 Å². The van der Waals surface area contributed by atoms with E-state index in [1.807, 2.05) is 0 Å². The van der Waals surface area contributed by atoms with Gasteiger partial charge in [0.2, 0.25) is 5.92 Å². The molecule has 1 aliphatic rings. The first-order chi connectivity index (χ1) is 7.69. The minimum absolute atomic E-state index is 0.0262. The zero-order valence-electron chi connectivity index (χ0n) is 8.61. The summed E-state index contributed by atoms with van der Waals surface area (Å²) in [7, 11) is 0. The Bertz CT molecular complexity index is 415. The van der Waals surface area contributed by atoms with Gasteiger partial charge in [0, 0.05) is 30.5 Å². The summed E-state index contributed by atoms with van der Waals surface area (Å²) in [6, 6.07) is 0.752. The molecule has 3 nitrogen and oxygen atoms in total. The fourth-order valence-corrected chi connectivity index (χ4v) is 2.12. The molecular formula is C9H10F5N3. The van der Waals surface area contributed by atoms with E-state index in [1.165, 1.54) is 0 Å². The van der Waals surface area contributed by atoms with E-state index >= 15 is 0 Å². The van der Waals surface area contributed by atoms with Crippen molar-refractivity contribution in [2.24, 2.45) is 5.73 Å². The Hall–Kier alpha value is -1.18. The highest BCUT2D eigenvalue weighted by atomic mass is 19.4. The van der Waals surface area contributed by atoms with Crippen molar-refractivity contribution in [3.63, 3.8) is 0 Å². The Morgan fingerprint density at radius 1 is 1.35 bits per heavy atom. The van der Waals surface area contributed by atoms with E-state index < -0.39 is 36.0 Å². The van der Waals surface area contributed by atoms with Crippen LogP contribution in [0.15, 0.2) is 6.07 Å². The SMILES string of the molecule is NCC1(c2cc(C(F)(F)F)n[nH]2)CC(F)(F)C1. The number of rotatable bonds is 2. The van der Waals surface area contributed by atoms with Crippen LogP contribution in [0.1, 0.15) is 24.2 Å². The molecule has 0 radical (unpaired) electrons. The third kappa shape index (κ3) is 2.01. The minimum Gasteiger partial charge on any atom is -0.330 e. The largest absolute Gasteiger partial charge is 0.435 e. The van der Waals surface area contributed by atoms with E-state index in [4.69, 9.17) is 5.73 Å². The minimum atomic E-state index is -4.59. The second-order valence-electron chi connectivity index (χ2n) is 4.36. The summed E-state index contributed by atoms with van der Waals surface area (Å²) >= 11 is 0. The van der Waals surface area contributed by atoms with Gasteiger partial charge < -0.3 is 5.73 Å².